The van der Waals surface area contributed by atoms with Crippen LogP contribution in [0.3, 0.4) is 0 Å². The fourth-order valence-corrected chi connectivity index (χ4v) is 10.3. The predicted molar refractivity (Wildman–Crippen MR) is 181 cm³/mol. The van der Waals surface area contributed by atoms with Crippen LogP contribution in [0.2, 0.25) is 0 Å². The molecule has 0 heterocycles. The Morgan fingerprint density at radius 3 is 2.16 bits per heavy atom. The van der Waals surface area contributed by atoms with E-state index in [0.717, 1.165) is 5.56 Å². The van der Waals surface area contributed by atoms with E-state index in [9.17, 15) is 34.8 Å². The molecule has 0 saturated heterocycles. The molecule has 9 heteroatoms. The van der Waals surface area contributed by atoms with Gasteiger partial charge in [0.25, 0.3) is 0 Å². The van der Waals surface area contributed by atoms with Crippen molar-refractivity contribution in [3.63, 3.8) is 0 Å². The van der Waals surface area contributed by atoms with Crippen LogP contribution in [-0.4, -0.2) is 74.3 Å². The Morgan fingerprint density at radius 2 is 1.59 bits per heavy atom. The van der Waals surface area contributed by atoms with Crippen LogP contribution in [0.25, 0.3) is 0 Å². The molecule has 0 bridgehead atoms. The van der Waals surface area contributed by atoms with Crippen molar-refractivity contribution in [3.8, 4) is 0 Å². The summed E-state index contributed by atoms with van der Waals surface area (Å²) in [5, 5.41) is 50.4. The summed E-state index contributed by atoms with van der Waals surface area (Å²) in [5.41, 5.74) is -6.01. The van der Waals surface area contributed by atoms with Crippen LogP contribution in [0.5, 0.6) is 0 Å². The first-order chi connectivity index (χ1) is 22.9. The van der Waals surface area contributed by atoms with Crippen LogP contribution in [0.4, 0.5) is 0 Å². The van der Waals surface area contributed by atoms with E-state index in [2.05, 4.69) is 6.58 Å². The first kappa shape index (κ1) is 35.2. The van der Waals surface area contributed by atoms with E-state index in [1.165, 1.54) is 6.92 Å². The van der Waals surface area contributed by atoms with Gasteiger partial charge in [-0.15, -0.1) is 0 Å². The number of carbonyl (C=O) groups is 3. The third-order valence-electron chi connectivity index (χ3n) is 12.7. The van der Waals surface area contributed by atoms with Gasteiger partial charge in [0, 0.05) is 24.2 Å². The van der Waals surface area contributed by atoms with Crippen molar-refractivity contribution in [2.24, 2.45) is 34.5 Å². The lowest BCUT2D eigenvalue weighted by Gasteiger charge is -2.64. The van der Waals surface area contributed by atoms with Gasteiger partial charge in [0.05, 0.1) is 17.8 Å². The average molecular weight is 673 g/mol. The van der Waals surface area contributed by atoms with Crippen LogP contribution in [0.1, 0.15) is 70.3 Å². The van der Waals surface area contributed by atoms with Gasteiger partial charge in [-0.3, -0.25) is 9.59 Å². The topological polar surface area (TPSA) is 151 Å². The number of fused-ring (bicyclic) bond motifs is 5. The van der Waals surface area contributed by atoms with Gasteiger partial charge in [0.1, 0.15) is 18.3 Å². The highest BCUT2D eigenvalue weighted by Crippen LogP contribution is 2.76. The van der Waals surface area contributed by atoms with Crippen molar-refractivity contribution < 1.29 is 44.3 Å². The molecule has 0 aliphatic heterocycles. The minimum Gasteiger partial charge on any atom is -0.461 e. The van der Waals surface area contributed by atoms with Crippen LogP contribution < -0.4 is 0 Å². The summed E-state index contributed by atoms with van der Waals surface area (Å²) in [6, 6.07) is 18.1. The average Bonchev–Trinajstić information content (AvgIpc) is 3.75. The first-order valence-electron chi connectivity index (χ1n) is 17.1. The van der Waals surface area contributed by atoms with Crippen molar-refractivity contribution in [2.75, 3.05) is 6.61 Å². The summed E-state index contributed by atoms with van der Waals surface area (Å²) in [6.07, 6.45) is -2.45. The predicted octanol–water partition coefficient (Wildman–Crippen LogP) is 4.32. The molecule has 49 heavy (non-hydrogen) atoms. The highest BCUT2D eigenvalue weighted by molar-refractivity contribution is 6.05. The first-order valence-corrected chi connectivity index (χ1v) is 17.1. The quantitative estimate of drug-likeness (QED) is 0.238. The number of ether oxygens (including phenoxy) is 2. The van der Waals surface area contributed by atoms with Gasteiger partial charge in [-0.25, -0.2) is 4.79 Å². The highest BCUT2D eigenvalue weighted by Gasteiger charge is 2.83. The normalized spacial score (nSPS) is 39.4. The number of hydrogen-bond donors (Lipinski definition) is 4. The monoisotopic (exact) mass is 672 g/mol. The van der Waals surface area contributed by atoms with Gasteiger partial charge < -0.3 is 29.9 Å². The second kappa shape index (κ2) is 11.7. The van der Waals surface area contributed by atoms with Gasteiger partial charge in [-0.05, 0) is 78.2 Å². The minimum absolute atomic E-state index is 0.185. The molecule has 0 spiro atoms. The summed E-state index contributed by atoms with van der Waals surface area (Å²) < 4.78 is 11.8. The molecule has 3 fully saturated rings. The number of benzene rings is 2. The van der Waals surface area contributed by atoms with E-state index in [-0.39, 0.29) is 30.6 Å². The maximum atomic E-state index is 14.2. The van der Waals surface area contributed by atoms with Gasteiger partial charge in [0.2, 0.25) is 0 Å². The largest absolute Gasteiger partial charge is 0.461 e. The molecule has 4 N–H and O–H groups in total. The van der Waals surface area contributed by atoms with Gasteiger partial charge in [-0.1, -0.05) is 82.0 Å². The number of carbonyl (C=O) groups excluding carboxylic acids is 3. The molecule has 3 saturated carbocycles. The Morgan fingerprint density at radius 1 is 1.00 bits per heavy atom. The van der Waals surface area contributed by atoms with Crippen LogP contribution in [0, 0.1) is 34.5 Å². The molecular weight excluding hydrogens is 624 g/mol. The number of ketones is 1. The lowest BCUT2D eigenvalue weighted by atomic mass is 9.43. The van der Waals surface area contributed by atoms with E-state index in [4.69, 9.17) is 9.47 Å². The molecule has 0 radical (unpaired) electrons. The molecule has 6 rings (SSSR count). The number of rotatable bonds is 8. The van der Waals surface area contributed by atoms with Gasteiger partial charge >= 0.3 is 11.9 Å². The number of hydrogen-bond acceptors (Lipinski definition) is 9. The highest BCUT2D eigenvalue weighted by atomic mass is 16.6. The summed E-state index contributed by atoms with van der Waals surface area (Å²) >= 11 is 0. The third-order valence-corrected chi connectivity index (χ3v) is 12.7. The van der Waals surface area contributed by atoms with Gasteiger partial charge in [-0.2, -0.15) is 0 Å². The second-order valence-corrected chi connectivity index (χ2v) is 15.8. The lowest BCUT2D eigenvalue weighted by molar-refractivity contribution is -0.264. The summed E-state index contributed by atoms with van der Waals surface area (Å²) in [5.74, 6) is -5.29. The molecule has 4 aliphatic carbocycles. The van der Waals surface area contributed by atoms with Crippen molar-refractivity contribution >= 4 is 17.7 Å². The van der Waals surface area contributed by atoms with E-state index in [1.807, 2.05) is 51.1 Å². The molecule has 0 unspecified atom stereocenters. The maximum absolute atomic E-state index is 14.2. The SMILES string of the molecule is C=C(C)[C@@]1(O)[C@H](O)[C@@H]2[C@@H]3C[C@]3(COC(=O)c3ccccc3)[C@@H](O)[C@]3(O)C(=O)C(C)=C[C@H]3[C@@]2(CC(C)(C)c2ccccc2)[C@H](C)[C@H]1OC(C)=O. The maximum Gasteiger partial charge on any atom is 0.338 e. The van der Waals surface area contributed by atoms with E-state index < -0.39 is 87.2 Å². The van der Waals surface area contributed by atoms with Crippen molar-refractivity contribution in [2.45, 2.75) is 89.3 Å². The van der Waals surface area contributed by atoms with Crippen molar-refractivity contribution in [1.29, 1.82) is 0 Å². The smallest absolute Gasteiger partial charge is 0.338 e. The number of aliphatic hydroxyl groups is 4. The minimum atomic E-state index is -2.37. The number of aliphatic hydroxyl groups excluding tert-OH is 2. The Kier molecular flexibility index (Phi) is 8.42. The molecular formula is C40H48O9. The second-order valence-electron chi connectivity index (χ2n) is 15.8. The molecule has 0 amide bonds. The fourth-order valence-electron chi connectivity index (χ4n) is 10.3. The zero-order chi connectivity index (χ0) is 35.9. The Balaban J connectivity index is 1.60. The summed E-state index contributed by atoms with van der Waals surface area (Å²) in [6.45, 7) is 14.0. The number of Topliss-reactive ketones (excluding diaryl/α,β-unsaturated/α-hetero) is 1. The van der Waals surface area contributed by atoms with E-state index >= 15 is 0 Å². The standard InChI is InChI=1S/C40H48O9/c1-22(2)39(46)32(43)30-28-19-37(28,21-48-34(44)26-14-10-8-11-15-26)35(45)40(47)29(18-23(3)31(40)42)38(30,24(4)33(39)49-25(5)41)20-36(6,7)27-16-12-9-13-17-27/h8-18,24,28-30,32-33,35,43,45-47H,1,19-21H2,2-7H3/t24-,28+,29+,30+,32-,33-,35-,37-,38-,39-,40-/m1/s1. The van der Waals surface area contributed by atoms with Crippen LogP contribution in [0.15, 0.2) is 84.5 Å². The van der Waals surface area contributed by atoms with Crippen molar-refractivity contribution in [1.82, 2.24) is 0 Å². The third kappa shape index (κ3) is 4.91. The Labute approximate surface area is 287 Å². The zero-order valence-electron chi connectivity index (χ0n) is 29.1. The van der Waals surface area contributed by atoms with Crippen LogP contribution in [-0.2, 0) is 24.5 Å². The fraction of sp³-hybridized carbons (Fsp3) is 0.525. The van der Waals surface area contributed by atoms with Gasteiger partial charge in [0.15, 0.2) is 11.4 Å². The van der Waals surface area contributed by atoms with Crippen molar-refractivity contribution in [3.05, 3.63) is 95.6 Å². The molecule has 2 aromatic rings. The molecule has 262 valence electrons. The number of esters is 2. The molecule has 11 atom stereocenters. The Bertz CT molecular complexity index is 1700. The Hall–Kier alpha value is -3.63. The molecule has 2 aromatic carbocycles. The van der Waals surface area contributed by atoms with Crippen LogP contribution >= 0.6 is 0 Å². The van der Waals surface area contributed by atoms with E-state index in [1.54, 1.807) is 50.3 Å². The zero-order valence-corrected chi connectivity index (χ0v) is 29.1. The molecule has 0 aromatic heterocycles. The van der Waals surface area contributed by atoms with E-state index in [0.29, 0.717) is 5.56 Å². The molecule has 4 aliphatic rings. The summed E-state index contributed by atoms with van der Waals surface area (Å²) in [4.78, 5) is 40.1. The lowest BCUT2D eigenvalue weighted by Crippen LogP contribution is -2.73. The summed E-state index contributed by atoms with van der Waals surface area (Å²) in [7, 11) is 0. The molecule has 9 nitrogen and oxygen atoms in total.